The standard InChI is InChI=1S/C22H29N7O/c1-27-8-10-28(11-9-27)16-17-2-4-19(5-3-17)25-22-23-14-18-15-24-29(21(18)26-22)20-6-12-30-13-7-20/h2-5,14-15,20H,6-13,16H2,1H3,(H,23,25,26). The number of ether oxygens (including phenoxy) is 1. The molecule has 2 aliphatic heterocycles. The Balaban J connectivity index is 1.27. The van der Waals surface area contributed by atoms with Crippen LogP contribution in [-0.2, 0) is 11.3 Å². The molecule has 0 spiro atoms. The normalized spacial score (nSPS) is 19.4. The van der Waals surface area contributed by atoms with E-state index in [-0.39, 0.29) is 0 Å². The summed E-state index contributed by atoms with van der Waals surface area (Å²) < 4.78 is 7.52. The van der Waals surface area contributed by atoms with Crippen LogP contribution in [0.4, 0.5) is 11.6 Å². The van der Waals surface area contributed by atoms with E-state index < -0.39 is 0 Å². The first kappa shape index (κ1) is 19.4. The van der Waals surface area contributed by atoms with E-state index in [1.54, 1.807) is 0 Å². The number of hydrogen-bond acceptors (Lipinski definition) is 7. The molecule has 8 heteroatoms. The van der Waals surface area contributed by atoms with Gasteiger partial charge in [-0.05, 0) is 37.6 Å². The lowest BCUT2D eigenvalue weighted by molar-refractivity contribution is 0.0673. The predicted octanol–water partition coefficient (Wildman–Crippen LogP) is 2.67. The molecule has 8 nitrogen and oxygen atoms in total. The van der Waals surface area contributed by atoms with Gasteiger partial charge < -0.3 is 15.0 Å². The Morgan fingerprint density at radius 2 is 1.80 bits per heavy atom. The summed E-state index contributed by atoms with van der Waals surface area (Å²) in [6.45, 7) is 7.11. The molecule has 0 amide bonds. The van der Waals surface area contributed by atoms with Crippen molar-refractivity contribution in [3.8, 4) is 0 Å². The van der Waals surface area contributed by atoms with Crippen molar-refractivity contribution < 1.29 is 4.74 Å². The molecule has 0 bridgehead atoms. The van der Waals surface area contributed by atoms with Gasteiger partial charge in [0.2, 0.25) is 5.95 Å². The van der Waals surface area contributed by atoms with E-state index in [1.165, 1.54) is 5.56 Å². The van der Waals surface area contributed by atoms with Crippen molar-refractivity contribution in [1.82, 2.24) is 29.5 Å². The lowest BCUT2D eigenvalue weighted by Crippen LogP contribution is -2.43. The van der Waals surface area contributed by atoms with Crippen molar-refractivity contribution in [3.63, 3.8) is 0 Å². The number of aromatic nitrogens is 4. The minimum atomic E-state index is 0.341. The van der Waals surface area contributed by atoms with Crippen LogP contribution in [0.25, 0.3) is 11.0 Å². The molecule has 4 heterocycles. The maximum absolute atomic E-state index is 5.48. The van der Waals surface area contributed by atoms with Gasteiger partial charge in [0.25, 0.3) is 0 Å². The molecule has 158 valence electrons. The summed E-state index contributed by atoms with van der Waals surface area (Å²) in [6, 6.07) is 8.92. The second-order valence-corrected chi connectivity index (χ2v) is 8.31. The average Bonchev–Trinajstić information content (AvgIpc) is 3.21. The molecule has 0 unspecified atom stereocenters. The van der Waals surface area contributed by atoms with Crippen LogP contribution < -0.4 is 5.32 Å². The van der Waals surface area contributed by atoms with Crippen LogP contribution >= 0.6 is 0 Å². The highest BCUT2D eigenvalue weighted by atomic mass is 16.5. The number of nitrogens with zero attached hydrogens (tertiary/aromatic N) is 6. The molecule has 5 rings (SSSR count). The molecular formula is C22H29N7O. The fourth-order valence-electron chi connectivity index (χ4n) is 4.18. The van der Waals surface area contributed by atoms with Gasteiger partial charge in [0, 0.05) is 57.8 Å². The van der Waals surface area contributed by atoms with Gasteiger partial charge in [-0.25, -0.2) is 9.67 Å². The van der Waals surface area contributed by atoms with Crippen LogP contribution in [0.5, 0.6) is 0 Å². The molecule has 30 heavy (non-hydrogen) atoms. The van der Waals surface area contributed by atoms with E-state index in [4.69, 9.17) is 9.72 Å². The van der Waals surface area contributed by atoms with E-state index in [2.05, 4.69) is 56.5 Å². The number of benzene rings is 1. The maximum atomic E-state index is 5.48. The van der Waals surface area contributed by atoms with Crippen molar-refractivity contribution in [2.45, 2.75) is 25.4 Å². The molecule has 2 fully saturated rings. The van der Waals surface area contributed by atoms with Gasteiger partial charge in [-0.2, -0.15) is 10.1 Å². The monoisotopic (exact) mass is 407 g/mol. The van der Waals surface area contributed by atoms with Crippen LogP contribution in [0.3, 0.4) is 0 Å². The summed E-state index contributed by atoms with van der Waals surface area (Å²) >= 11 is 0. The summed E-state index contributed by atoms with van der Waals surface area (Å²) in [5.74, 6) is 0.600. The van der Waals surface area contributed by atoms with E-state index in [9.17, 15) is 0 Å². The Hall–Kier alpha value is -2.55. The molecular weight excluding hydrogens is 378 g/mol. The zero-order valence-electron chi connectivity index (χ0n) is 17.5. The van der Waals surface area contributed by atoms with Gasteiger partial charge in [0.15, 0.2) is 5.65 Å². The highest BCUT2D eigenvalue weighted by Crippen LogP contribution is 2.25. The summed E-state index contributed by atoms with van der Waals surface area (Å²) in [7, 11) is 2.19. The summed E-state index contributed by atoms with van der Waals surface area (Å²) in [4.78, 5) is 14.1. The Labute approximate surface area is 176 Å². The molecule has 1 aromatic carbocycles. The first-order valence-electron chi connectivity index (χ1n) is 10.8. The Morgan fingerprint density at radius 3 is 2.57 bits per heavy atom. The molecule has 0 saturated carbocycles. The Morgan fingerprint density at radius 1 is 1.03 bits per heavy atom. The van der Waals surface area contributed by atoms with Gasteiger partial charge in [0.1, 0.15) is 0 Å². The fourth-order valence-corrected chi connectivity index (χ4v) is 4.18. The molecule has 0 atom stereocenters. The molecule has 3 aromatic rings. The number of anilines is 2. The minimum absolute atomic E-state index is 0.341. The number of hydrogen-bond donors (Lipinski definition) is 1. The average molecular weight is 408 g/mol. The highest BCUT2D eigenvalue weighted by molar-refractivity contribution is 5.75. The van der Waals surface area contributed by atoms with Crippen molar-refractivity contribution in [2.24, 2.45) is 0 Å². The maximum Gasteiger partial charge on any atom is 0.229 e. The quantitative estimate of drug-likeness (QED) is 0.697. The van der Waals surface area contributed by atoms with Crippen LogP contribution in [0, 0.1) is 0 Å². The number of fused-ring (bicyclic) bond motifs is 1. The van der Waals surface area contributed by atoms with E-state index in [0.29, 0.717) is 12.0 Å². The Bertz CT molecular complexity index is 973. The second-order valence-electron chi connectivity index (χ2n) is 8.31. The first-order valence-corrected chi connectivity index (χ1v) is 10.8. The third kappa shape index (κ3) is 4.30. The number of likely N-dealkylation sites (N-methyl/N-ethyl adjacent to an activating group) is 1. The lowest BCUT2D eigenvalue weighted by atomic mass is 10.1. The molecule has 1 N–H and O–H groups in total. The summed E-state index contributed by atoms with van der Waals surface area (Å²) in [6.07, 6.45) is 5.63. The van der Waals surface area contributed by atoms with Crippen molar-refractivity contribution in [3.05, 3.63) is 42.2 Å². The van der Waals surface area contributed by atoms with Crippen LogP contribution in [0.15, 0.2) is 36.7 Å². The van der Waals surface area contributed by atoms with Crippen LogP contribution in [0.2, 0.25) is 0 Å². The number of nitrogens with one attached hydrogen (secondary N) is 1. The Kier molecular flexibility index (Phi) is 5.61. The zero-order chi connectivity index (χ0) is 20.3. The number of piperazine rings is 1. The zero-order valence-corrected chi connectivity index (χ0v) is 17.5. The van der Waals surface area contributed by atoms with Crippen molar-refractivity contribution >= 4 is 22.7 Å². The topological polar surface area (TPSA) is 71.3 Å². The number of rotatable bonds is 5. The SMILES string of the molecule is CN1CCN(Cc2ccc(Nc3ncc4cnn(C5CCOCC5)c4n3)cc2)CC1. The van der Waals surface area contributed by atoms with Gasteiger partial charge in [-0.1, -0.05) is 12.1 Å². The smallest absolute Gasteiger partial charge is 0.229 e. The third-order valence-electron chi connectivity index (χ3n) is 6.08. The predicted molar refractivity (Wildman–Crippen MR) is 117 cm³/mol. The lowest BCUT2D eigenvalue weighted by Gasteiger charge is -2.32. The van der Waals surface area contributed by atoms with Crippen LogP contribution in [-0.4, -0.2) is 76.0 Å². The third-order valence-corrected chi connectivity index (χ3v) is 6.08. The van der Waals surface area contributed by atoms with Crippen molar-refractivity contribution in [2.75, 3.05) is 51.8 Å². The summed E-state index contributed by atoms with van der Waals surface area (Å²) in [5.41, 5.74) is 3.21. The largest absolute Gasteiger partial charge is 0.381 e. The molecule has 2 aromatic heterocycles. The fraction of sp³-hybridized carbons (Fsp3) is 0.500. The van der Waals surface area contributed by atoms with Crippen LogP contribution in [0.1, 0.15) is 24.4 Å². The van der Waals surface area contributed by atoms with Gasteiger partial charge >= 0.3 is 0 Å². The minimum Gasteiger partial charge on any atom is -0.381 e. The first-order chi connectivity index (χ1) is 14.7. The van der Waals surface area contributed by atoms with E-state index in [0.717, 1.165) is 75.5 Å². The van der Waals surface area contributed by atoms with Gasteiger partial charge in [0.05, 0.1) is 17.6 Å². The van der Waals surface area contributed by atoms with Gasteiger partial charge in [-0.15, -0.1) is 0 Å². The highest BCUT2D eigenvalue weighted by Gasteiger charge is 2.19. The van der Waals surface area contributed by atoms with Crippen molar-refractivity contribution in [1.29, 1.82) is 0 Å². The molecule has 2 aliphatic rings. The second kappa shape index (κ2) is 8.67. The molecule has 0 aliphatic carbocycles. The summed E-state index contributed by atoms with van der Waals surface area (Å²) in [5, 5.41) is 8.87. The molecule has 0 radical (unpaired) electrons. The van der Waals surface area contributed by atoms with E-state index in [1.807, 2.05) is 17.1 Å². The van der Waals surface area contributed by atoms with E-state index >= 15 is 0 Å². The van der Waals surface area contributed by atoms with Gasteiger partial charge in [-0.3, -0.25) is 4.90 Å². The molecule has 2 saturated heterocycles.